The molecule has 0 unspecified atom stereocenters. The molecule has 4 fully saturated rings. The molecule has 4 saturated carbocycles. The van der Waals surface area contributed by atoms with Crippen LogP contribution in [-0.4, -0.2) is 18.2 Å². The Labute approximate surface area is 119 Å². The number of nitrogens with two attached hydrogens (primary N) is 1. The molecule has 4 aliphatic rings. The van der Waals surface area contributed by atoms with Crippen LogP contribution in [0.2, 0.25) is 0 Å². The van der Waals surface area contributed by atoms with Gasteiger partial charge in [0.1, 0.15) is 6.10 Å². The lowest BCUT2D eigenvalue weighted by molar-refractivity contribution is -0.0806. The summed E-state index contributed by atoms with van der Waals surface area (Å²) >= 11 is 0. The van der Waals surface area contributed by atoms with Gasteiger partial charge in [-0.05, 0) is 61.8 Å². The first-order chi connectivity index (χ1) is 9.72. The van der Waals surface area contributed by atoms with E-state index in [1.165, 1.54) is 32.1 Å². The first-order valence-corrected chi connectivity index (χ1v) is 7.70. The Hall–Kier alpha value is -1.45. The molecule has 0 radical (unpaired) electrons. The predicted octanol–water partition coefficient (Wildman–Crippen LogP) is 2.88. The molecule has 1 aromatic heterocycles. The fourth-order valence-electron chi connectivity index (χ4n) is 4.87. The Morgan fingerprint density at radius 2 is 1.70 bits per heavy atom. The molecule has 0 atom stereocenters. The van der Waals surface area contributed by atoms with Gasteiger partial charge in [-0.25, -0.2) is 0 Å². The molecule has 1 heterocycles. The molecule has 4 bridgehead atoms. The van der Waals surface area contributed by atoms with Gasteiger partial charge in [-0.2, -0.15) is 4.98 Å². The summed E-state index contributed by atoms with van der Waals surface area (Å²) in [5.74, 6) is 4.52. The lowest BCUT2D eigenvalue weighted by Crippen LogP contribution is -2.50. The maximum absolute atomic E-state index is 6.24. The molecule has 4 heteroatoms. The van der Waals surface area contributed by atoms with Crippen LogP contribution < -0.4 is 15.2 Å². The number of hydrogen-bond acceptors (Lipinski definition) is 4. The van der Waals surface area contributed by atoms with Crippen LogP contribution in [0, 0.1) is 23.7 Å². The van der Waals surface area contributed by atoms with E-state index in [0.717, 1.165) is 23.7 Å². The van der Waals surface area contributed by atoms with E-state index in [-0.39, 0.29) is 0 Å². The SMILES string of the molecule is COc1nc(OC2C3CC4CC(C3)CC2C4)ccc1N. The van der Waals surface area contributed by atoms with Gasteiger partial charge in [-0.3, -0.25) is 0 Å². The highest BCUT2D eigenvalue weighted by atomic mass is 16.5. The normalized spacial score (nSPS) is 38.0. The topological polar surface area (TPSA) is 57.4 Å². The van der Waals surface area contributed by atoms with Crippen LogP contribution in [0.4, 0.5) is 5.69 Å². The summed E-state index contributed by atoms with van der Waals surface area (Å²) < 4.78 is 11.4. The van der Waals surface area contributed by atoms with Crippen molar-refractivity contribution in [3.8, 4) is 11.8 Å². The highest BCUT2D eigenvalue weighted by molar-refractivity contribution is 5.49. The van der Waals surface area contributed by atoms with E-state index in [4.69, 9.17) is 15.2 Å². The van der Waals surface area contributed by atoms with Crippen molar-refractivity contribution in [3.05, 3.63) is 12.1 Å². The van der Waals surface area contributed by atoms with E-state index in [2.05, 4.69) is 4.98 Å². The minimum absolute atomic E-state index is 0.351. The number of aromatic nitrogens is 1. The average Bonchev–Trinajstić information content (AvgIpc) is 2.44. The molecule has 0 spiro atoms. The molecule has 0 saturated heterocycles. The van der Waals surface area contributed by atoms with Gasteiger partial charge in [0.05, 0.1) is 12.8 Å². The minimum Gasteiger partial charge on any atom is -0.479 e. The maximum atomic E-state index is 6.24. The standard InChI is InChI=1S/C16H22N2O2/c1-19-16-13(17)2-3-14(18-16)20-15-11-5-9-4-10(7-11)8-12(15)6-9/h2-3,9-12,15H,4-8,17H2,1H3. The molecule has 108 valence electrons. The van der Waals surface area contributed by atoms with Crippen LogP contribution in [-0.2, 0) is 0 Å². The zero-order valence-electron chi connectivity index (χ0n) is 11.9. The molecule has 2 N–H and O–H groups in total. The zero-order chi connectivity index (χ0) is 13.7. The van der Waals surface area contributed by atoms with Crippen LogP contribution in [0.25, 0.3) is 0 Å². The fraction of sp³-hybridized carbons (Fsp3) is 0.688. The van der Waals surface area contributed by atoms with E-state index in [0.29, 0.717) is 23.6 Å². The number of nitrogens with zero attached hydrogens (tertiary/aromatic N) is 1. The third-order valence-electron chi connectivity index (χ3n) is 5.45. The Bertz CT molecular complexity index is 489. The van der Waals surface area contributed by atoms with Crippen molar-refractivity contribution in [1.29, 1.82) is 0 Å². The van der Waals surface area contributed by atoms with E-state index in [9.17, 15) is 0 Å². The quantitative estimate of drug-likeness (QED) is 0.920. The summed E-state index contributed by atoms with van der Waals surface area (Å²) in [7, 11) is 1.59. The highest BCUT2D eigenvalue weighted by Gasteiger charge is 2.49. The first kappa shape index (κ1) is 12.3. The average molecular weight is 274 g/mol. The van der Waals surface area contributed by atoms with Gasteiger partial charge >= 0.3 is 0 Å². The summed E-state index contributed by atoms with van der Waals surface area (Å²) in [6, 6.07) is 3.68. The van der Waals surface area contributed by atoms with E-state index >= 15 is 0 Å². The number of nitrogen functional groups attached to an aromatic ring is 1. The predicted molar refractivity (Wildman–Crippen MR) is 76.7 cm³/mol. The smallest absolute Gasteiger partial charge is 0.240 e. The number of pyridine rings is 1. The van der Waals surface area contributed by atoms with Gasteiger partial charge in [0.15, 0.2) is 0 Å². The maximum Gasteiger partial charge on any atom is 0.240 e. The van der Waals surface area contributed by atoms with Crippen molar-refractivity contribution in [2.24, 2.45) is 23.7 Å². The summed E-state index contributed by atoms with van der Waals surface area (Å²) in [5, 5.41) is 0. The Kier molecular flexibility index (Phi) is 2.79. The number of rotatable bonds is 3. The van der Waals surface area contributed by atoms with Gasteiger partial charge in [0, 0.05) is 6.07 Å². The molecule has 0 amide bonds. The van der Waals surface area contributed by atoms with Crippen molar-refractivity contribution in [2.45, 2.75) is 38.2 Å². The van der Waals surface area contributed by atoms with Gasteiger partial charge in [0.25, 0.3) is 0 Å². The monoisotopic (exact) mass is 274 g/mol. The van der Waals surface area contributed by atoms with Crippen molar-refractivity contribution in [1.82, 2.24) is 4.98 Å². The number of ether oxygens (including phenoxy) is 2. The molecule has 4 aliphatic carbocycles. The second-order valence-corrected chi connectivity index (χ2v) is 6.76. The van der Waals surface area contributed by atoms with E-state index in [1.807, 2.05) is 12.1 Å². The minimum atomic E-state index is 0.351. The molecule has 0 aliphatic heterocycles. The number of methoxy groups -OCH3 is 1. The van der Waals surface area contributed by atoms with Crippen LogP contribution in [0.5, 0.6) is 11.8 Å². The van der Waals surface area contributed by atoms with Crippen LogP contribution in [0.15, 0.2) is 12.1 Å². The lowest BCUT2D eigenvalue weighted by Gasteiger charge is -2.53. The molecule has 0 aromatic carbocycles. The second kappa shape index (κ2) is 4.54. The number of anilines is 1. The van der Waals surface area contributed by atoms with Gasteiger partial charge in [-0.1, -0.05) is 0 Å². The third kappa shape index (κ3) is 1.93. The van der Waals surface area contributed by atoms with E-state index in [1.54, 1.807) is 7.11 Å². The zero-order valence-corrected chi connectivity index (χ0v) is 11.9. The summed E-state index contributed by atoms with van der Waals surface area (Å²) in [6.45, 7) is 0. The largest absolute Gasteiger partial charge is 0.479 e. The Balaban J connectivity index is 1.54. The van der Waals surface area contributed by atoms with Crippen LogP contribution in [0.3, 0.4) is 0 Å². The molecular formula is C16H22N2O2. The van der Waals surface area contributed by atoms with E-state index < -0.39 is 0 Å². The summed E-state index contributed by atoms with van der Waals surface area (Å²) in [5.41, 5.74) is 6.37. The van der Waals surface area contributed by atoms with Gasteiger partial charge in [-0.15, -0.1) is 0 Å². The summed E-state index contributed by atoms with van der Waals surface area (Å²) in [4.78, 5) is 4.37. The van der Waals surface area contributed by atoms with Crippen LogP contribution in [0.1, 0.15) is 32.1 Å². The van der Waals surface area contributed by atoms with Crippen LogP contribution >= 0.6 is 0 Å². The third-order valence-corrected chi connectivity index (χ3v) is 5.45. The van der Waals surface area contributed by atoms with Crippen molar-refractivity contribution in [2.75, 3.05) is 12.8 Å². The number of hydrogen-bond donors (Lipinski definition) is 1. The Morgan fingerprint density at radius 1 is 1.05 bits per heavy atom. The van der Waals surface area contributed by atoms with Crippen molar-refractivity contribution in [3.63, 3.8) is 0 Å². The molecule has 20 heavy (non-hydrogen) atoms. The highest BCUT2D eigenvalue weighted by Crippen LogP contribution is 2.54. The van der Waals surface area contributed by atoms with Gasteiger partial charge < -0.3 is 15.2 Å². The van der Waals surface area contributed by atoms with Crippen molar-refractivity contribution < 1.29 is 9.47 Å². The van der Waals surface area contributed by atoms with Gasteiger partial charge in [0.2, 0.25) is 11.8 Å². The molecule has 1 aromatic rings. The summed E-state index contributed by atoms with van der Waals surface area (Å²) in [6.07, 6.45) is 7.22. The Morgan fingerprint density at radius 3 is 2.30 bits per heavy atom. The first-order valence-electron chi connectivity index (χ1n) is 7.70. The lowest BCUT2D eigenvalue weighted by atomic mass is 9.55. The molecular weight excluding hydrogens is 252 g/mol. The second-order valence-electron chi connectivity index (χ2n) is 6.76. The van der Waals surface area contributed by atoms with Crippen molar-refractivity contribution >= 4 is 5.69 Å². The molecule has 4 nitrogen and oxygen atoms in total. The fourth-order valence-corrected chi connectivity index (χ4v) is 4.87. The molecule has 5 rings (SSSR count).